The van der Waals surface area contributed by atoms with Crippen molar-refractivity contribution in [3.8, 4) is 0 Å². The number of H-pyrrole nitrogens is 1. The van der Waals surface area contributed by atoms with Crippen LogP contribution in [-0.2, 0) is 11.3 Å². The lowest BCUT2D eigenvalue weighted by atomic mass is 10.0. The summed E-state index contributed by atoms with van der Waals surface area (Å²) < 4.78 is 11.5. The van der Waals surface area contributed by atoms with Gasteiger partial charge in [-0.15, -0.1) is 0 Å². The van der Waals surface area contributed by atoms with Crippen LogP contribution in [0.15, 0.2) is 34.7 Å². The molecule has 2 aromatic heterocycles. The second-order valence-electron chi connectivity index (χ2n) is 8.26. The Morgan fingerprint density at radius 1 is 1.20 bits per heavy atom. The van der Waals surface area contributed by atoms with Crippen LogP contribution in [0.4, 0.5) is 0 Å². The SMILES string of the molecule is Cc1cc(CN2CCOCC2)oc1C(=O)N1CCCC[C@@H]1c1nc2ccccc2[nH]1. The number of amides is 1. The first-order valence-corrected chi connectivity index (χ1v) is 10.8. The summed E-state index contributed by atoms with van der Waals surface area (Å²) in [5.41, 5.74) is 2.84. The topological polar surface area (TPSA) is 74.6 Å². The molecule has 2 fully saturated rings. The molecule has 0 spiro atoms. The van der Waals surface area contributed by atoms with Crippen molar-refractivity contribution in [2.24, 2.45) is 0 Å². The number of furan rings is 1. The van der Waals surface area contributed by atoms with E-state index in [0.717, 1.165) is 80.3 Å². The number of hydrogen-bond donors (Lipinski definition) is 1. The maximum atomic E-state index is 13.5. The van der Waals surface area contributed by atoms with E-state index in [1.54, 1.807) is 0 Å². The molecule has 5 rings (SSSR count). The van der Waals surface area contributed by atoms with Crippen molar-refractivity contribution in [2.45, 2.75) is 38.8 Å². The average molecular weight is 409 g/mol. The Kier molecular flexibility index (Phi) is 5.31. The number of hydrogen-bond acceptors (Lipinski definition) is 5. The number of carbonyl (C=O) groups excluding carboxylic acids is 1. The Morgan fingerprint density at radius 3 is 2.87 bits per heavy atom. The molecule has 1 atom stereocenters. The molecule has 1 N–H and O–H groups in total. The molecule has 2 saturated heterocycles. The number of morpholine rings is 1. The minimum Gasteiger partial charge on any atom is -0.454 e. The molecule has 1 amide bonds. The van der Waals surface area contributed by atoms with E-state index in [9.17, 15) is 4.79 Å². The maximum absolute atomic E-state index is 13.5. The molecule has 0 unspecified atom stereocenters. The number of para-hydroxylation sites is 2. The molecular formula is C23H28N4O3. The zero-order valence-electron chi connectivity index (χ0n) is 17.4. The molecule has 0 saturated carbocycles. The quantitative estimate of drug-likeness (QED) is 0.713. The number of aromatic nitrogens is 2. The van der Waals surface area contributed by atoms with Gasteiger partial charge in [-0.1, -0.05) is 12.1 Å². The van der Waals surface area contributed by atoms with Crippen LogP contribution in [0.3, 0.4) is 0 Å². The largest absolute Gasteiger partial charge is 0.454 e. The van der Waals surface area contributed by atoms with Crippen molar-refractivity contribution in [3.63, 3.8) is 0 Å². The van der Waals surface area contributed by atoms with Gasteiger partial charge in [-0.25, -0.2) is 4.98 Å². The van der Waals surface area contributed by atoms with Crippen molar-refractivity contribution in [1.82, 2.24) is 19.8 Å². The summed E-state index contributed by atoms with van der Waals surface area (Å²) >= 11 is 0. The highest BCUT2D eigenvalue weighted by Gasteiger charge is 2.33. The van der Waals surface area contributed by atoms with Crippen LogP contribution >= 0.6 is 0 Å². The summed E-state index contributed by atoms with van der Waals surface area (Å²) in [6, 6.07) is 9.96. The molecule has 0 aliphatic carbocycles. The highest BCUT2D eigenvalue weighted by molar-refractivity contribution is 5.93. The van der Waals surface area contributed by atoms with Crippen molar-refractivity contribution in [1.29, 1.82) is 0 Å². The Labute approximate surface area is 176 Å². The molecule has 0 radical (unpaired) electrons. The zero-order valence-corrected chi connectivity index (χ0v) is 17.4. The van der Waals surface area contributed by atoms with Crippen LogP contribution in [0.2, 0.25) is 0 Å². The van der Waals surface area contributed by atoms with Crippen molar-refractivity contribution in [2.75, 3.05) is 32.8 Å². The van der Waals surface area contributed by atoms with Gasteiger partial charge in [0.05, 0.1) is 36.8 Å². The number of nitrogens with one attached hydrogen (secondary N) is 1. The molecule has 3 aromatic rings. The monoisotopic (exact) mass is 408 g/mol. The van der Waals surface area contributed by atoms with Gasteiger partial charge in [0.1, 0.15) is 11.6 Å². The molecule has 7 nitrogen and oxygen atoms in total. The van der Waals surface area contributed by atoms with Crippen LogP contribution in [0.1, 0.15) is 53.0 Å². The number of aryl methyl sites for hydroxylation is 1. The predicted octanol–water partition coefficient (Wildman–Crippen LogP) is 3.66. The van der Waals surface area contributed by atoms with Crippen molar-refractivity contribution in [3.05, 3.63) is 53.2 Å². The van der Waals surface area contributed by atoms with E-state index in [0.29, 0.717) is 12.3 Å². The summed E-state index contributed by atoms with van der Waals surface area (Å²) in [5.74, 6) is 2.13. The fourth-order valence-electron chi connectivity index (χ4n) is 4.54. The Hall–Kier alpha value is -2.64. The van der Waals surface area contributed by atoms with Crippen LogP contribution < -0.4 is 0 Å². The van der Waals surface area contributed by atoms with Gasteiger partial charge in [0, 0.05) is 25.2 Å². The van der Waals surface area contributed by atoms with Crippen LogP contribution in [0.5, 0.6) is 0 Å². The maximum Gasteiger partial charge on any atom is 0.290 e. The average Bonchev–Trinajstić information content (AvgIpc) is 3.37. The number of aromatic amines is 1. The molecule has 7 heteroatoms. The summed E-state index contributed by atoms with van der Waals surface area (Å²) in [6.45, 7) is 6.67. The third kappa shape index (κ3) is 3.75. The fraction of sp³-hybridized carbons (Fsp3) is 0.478. The zero-order chi connectivity index (χ0) is 20.5. The molecule has 30 heavy (non-hydrogen) atoms. The van der Waals surface area contributed by atoms with E-state index in [1.165, 1.54) is 0 Å². The van der Waals surface area contributed by atoms with Gasteiger partial charge >= 0.3 is 0 Å². The normalized spacial score (nSPS) is 20.7. The number of ether oxygens (including phenoxy) is 1. The van der Waals surface area contributed by atoms with Gasteiger partial charge in [-0.05, 0) is 44.4 Å². The van der Waals surface area contributed by atoms with Gasteiger partial charge < -0.3 is 19.0 Å². The Bertz CT molecular complexity index is 1000. The van der Waals surface area contributed by atoms with Crippen LogP contribution in [0.25, 0.3) is 11.0 Å². The predicted molar refractivity (Wildman–Crippen MR) is 113 cm³/mol. The standard InChI is InChI=1S/C23H28N4O3/c1-16-14-17(15-26-10-12-29-13-11-26)30-21(16)23(28)27-9-5-4-8-20(27)22-24-18-6-2-3-7-19(18)25-22/h2-3,6-7,14,20H,4-5,8-13,15H2,1H3,(H,24,25)/t20-/m1/s1. The highest BCUT2D eigenvalue weighted by atomic mass is 16.5. The second-order valence-corrected chi connectivity index (χ2v) is 8.26. The first-order chi connectivity index (χ1) is 14.7. The number of carbonyl (C=O) groups is 1. The van der Waals surface area contributed by atoms with E-state index in [4.69, 9.17) is 14.1 Å². The Morgan fingerprint density at radius 2 is 2.03 bits per heavy atom. The first kappa shape index (κ1) is 19.3. The van der Waals surface area contributed by atoms with Gasteiger partial charge in [0.2, 0.25) is 0 Å². The minimum atomic E-state index is -0.0501. The lowest BCUT2D eigenvalue weighted by Crippen LogP contribution is -2.39. The van der Waals surface area contributed by atoms with Crippen molar-refractivity contribution >= 4 is 16.9 Å². The molecule has 158 valence electrons. The van der Waals surface area contributed by atoms with E-state index in [2.05, 4.69) is 9.88 Å². The smallest absolute Gasteiger partial charge is 0.290 e. The second kappa shape index (κ2) is 8.24. The third-order valence-corrected chi connectivity index (χ3v) is 6.13. The Balaban J connectivity index is 1.38. The minimum absolute atomic E-state index is 0.0362. The number of piperidine rings is 1. The van der Waals surface area contributed by atoms with E-state index in [-0.39, 0.29) is 11.9 Å². The van der Waals surface area contributed by atoms with Crippen LogP contribution in [0, 0.1) is 6.92 Å². The summed E-state index contributed by atoms with van der Waals surface area (Å²) in [5, 5.41) is 0. The third-order valence-electron chi connectivity index (χ3n) is 6.13. The summed E-state index contributed by atoms with van der Waals surface area (Å²) in [4.78, 5) is 25.9. The van der Waals surface area contributed by atoms with E-state index in [1.807, 2.05) is 42.2 Å². The van der Waals surface area contributed by atoms with E-state index >= 15 is 0 Å². The summed E-state index contributed by atoms with van der Waals surface area (Å²) in [7, 11) is 0. The number of fused-ring (bicyclic) bond motifs is 1. The number of benzene rings is 1. The number of imidazole rings is 1. The molecule has 1 aromatic carbocycles. The van der Waals surface area contributed by atoms with Crippen molar-refractivity contribution < 1.29 is 13.9 Å². The van der Waals surface area contributed by atoms with Crippen LogP contribution in [-0.4, -0.2) is 58.5 Å². The summed E-state index contributed by atoms with van der Waals surface area (Å²) in [6.07, 6.45) is 3.00. The number of likely N-dealkylation sites (tertiary alicyclic amines) is 1. The lowest BCUT2D eigenvalue weighted by Gasteiger charge is -2.34. The molecule has 2 aliphatic rings. The van der Waals surface area contributed by atoms with Gasteiger partial charge in [0.25, 0.3) is 5.91 Å². The molecule has 4 heterocycles. The van der Waals surface area contributed by atoms with E-state index < -0.39 is 0 Å². The van der Waals surface area contributed by atoms with Gasteiger partial charge in [-0.3, -0.25) is 9.69 Å². The first-order valence-electron chi connectivity index (χ1n) is 10.8. The highest BCUT2D eigenvalue weighted by Crippen LogP contribution is 2.32. The molecule has 2 aliphatic heterocycles. The number of nitrogens with zero attached hydrogens (tertiary/aromatic N) is 3. The fourth-order valence-corrected chi connectivity index (χ4v) is 4.54. The van der Waals surface area contributed by atoms with Gasteiger partial charge in [0.15, 0.2) is 5.76 Å². The molecule has 0 bridgehead atoms. The van der Waals surface area contributed by atoms with Gasteiger partial charge in [-0.2, -0.15) is 0 Å². The number of rotatable bonds is 4. The lowest BCUT2D eigenvalue weighted by molar-refractivity contribution is 0.0307. The molecular weight excluding hydrogens is 380 g/mol.